The van der Waals surface area contributed by atoms with Crippen LogP contribution in [0.2, 0.25) is 0 Å². The fourth-order valence-corrected chi connectivity index (χ4v) is 34.6. The first-order chi connectivity index (χ1) is 20.7. The van der Waals surface area contributed by atoms with Gasteiger partial charge in [-0.3, -0.25) is 0 Å². The van der Waals surface area contributed by atoms with Gasteiger partial charge in [0, 0.05) is 0 Å². The van der Waals surface area contributed by atoms with Crippen LogP contribution in [0.4, 0.5) is 0 Å². The van der Waals surface area contributed by atoms with Crippen molar-refractivity contribution in [3.8, 4) is 0 Å². The van der Waals surface area contributed by atoms with Crippen molar-refractivity contribution < 1.29 is 0 Å². The average molecular weight is 754 g/mol. The second-order valence-electron chi connectivity index (χ2n) is 12.0. The van der Waals surface area contributed by atoms with Crippen LogP contribution in [0.15, 0.2) is 170 Å². The molecule has 0 aromatic heterocycles. The van der Waals surface area contributed by atoms with Crippen LogP contribution in [-0.2, 0) is 17.7 Å². The fraction of sp³-hybridized carbons (Fsp3) is 0.100. The molecule has 0 aliphatic carbocycles. The van der Waals surface area contributed by atoms with Crippen LogP contribution < -0.4 is 14.3 Å². The first kappa shape index (κ1) is 27.7. The zero-order chi connectivity index (χ0) is 28.2. The summed E-state index contributed by atoms with van der Waals surface area (Å²) in [7, 11) is 0. The van der Waals surface area contributed by atoms with E-state index in [1.165, 1.54) is 40.0 Å². The van der Waals surface area contributed by atoms with Crippen LogP contribution in [0.3, 0.4) is 0 Å². The molecule has 0 spiro atoms. The molecule has 1 aliphatic heterocycles. The van der Waals surface area contributed by atoms with E-state index in [1.807, 2.05) is 0 Å². The molecule has 0 amide bonds. The molecule has 0 unspecified atom stereocenters. The van der Waals surface area contributed by atoms with Crippen molar-refractivity contribution in [2.75, 3.05) is 0 Å². The first-order valence-electron chi connectivity index (χ1n) is 15.1. The normalized spacial score (nSPS) is 15.6. The van der Waals surface area contributed by atoms with Crippen molar-refractivity contribution in [2.45, 2.75) is 17.7 Å². The Morgan fingerprint density at radius 3 is 0.738 bits per heavy atom. The van der Waals surface area contributed by atoms with Crippen LogP contribution in [0.1, 0.15) is 22.3 Å². The van der Waals surface area contributed by atoms with E-state index in [0.29, 0.717) is 0 Å². The molecule has 0 saturated carbocycles. The Balaban J connectivity index is 1.47. The van der Waals surface area contributed by atoms with Crippen LogP contribution >= 0.6 is 0 Å². The Labute approximate surface area is 258 Å². The quantitative estimate of drug-likeness (QED) is 0.187. The summed E-state index contributed by atoms with van der Waals surface area (Å²) in [6, 6.07) is 65.6. The minimum atomic E-state index is -3.26. The van der Waals surface area contributed by atoms with Gasteiger partial charge < -0.3 is 0 Å². The van der Waals surface area contributed by atoms with Crippen LogP contribution in [0.5, 0.6) is 0 Å². The standard InChI is InChI=1S/2C8H8.4C6H5.2Sn/c2*1-7-4-3-5-8(2)6-7;4*1-2-4-6-5-3-1;;/h2*3-6H,1-2H2;4*1-5H;;. The van der Waals surface area contributed by atoms with Gasteiger partial charge in [-0.05, 0) is 0 Å². The Hall–Kier alpha value is -3.08. The summed E-state index contributed by atoms with van der Waals surface area (Å²) >= 11 is -6.51. The molecule has 0 radical (unpaired) electrons. The van der Waals surface area contributed by atoms with E-state index in [-0.39, 0.29) is 0 Å². The van der Waals surface area contributed by atoms with Crippen LogP contribution in [-0.4, -0.2) is 36.8 Å². The topological polar surface area (TPSA) is 0 Å². The molecular formula is C40H36Sn2. The van der Waals surface area contributed by atoms with E-state index in [1.54, 1.807) is 14.3 Å². The van der Waals surface area contributed by atoms with E-state index in [4.69, 9.17) is 0 Å². The molecule has 2 heteroatoms. The van der Waals surface area contributed by atoms with Gasteiger partial charge in [-0.2, -0.15) is 0 Å². The van der Waals surface area contributed by atoms with Crippen molar-refractivity contribution in [3.63, 3.8) is 0 Å². The summed E-state index contributed by atoms with van der Waals surface area (Å²) in [6.45, 7) is 0. The van der Waals surface area contributed by atoms with Crippen molar-refractivity contribution in [3.05, 3.63) is 192 Å². The van der Waals surface area contributed by atoms with Crippen molar-refractivity contribution in [2.24, 2.45) is 0 Å². The summed E-state index contributed by atoms with van der Waals surface area (Å²) in [6.07, 6.45) is 0. The van der Waals surface area contributed by atoms with E-state index >= 15 is 0 Å². The van der Waals surface area contributed by atoms with Gasteiger partial charge in [0.15, 0.2) is 0 Å². The molecule has 1 heterocycles. The number of hydrogen-bond donors (Lipinski definition) is 0. The summed E-state index contributed by atoms with van der Waals surface area (Å²) < 4.78 is 11.0. The molecule has 204 valence electrons. The summed E-state index contributed by atoms with van der Waals surface area (Å²) in [4.78, 5) is 0. The van der Waals surface area contributed by atoms with Crippen molar-refractivity contribution in [1.29, 1.82) is 0 Å². The monoisotopic (exact) mass is 756 g/mol. The third-order valence-corrected chi connectivity index (χ3v) is 37.3. The molecule has 0 nitrogen and oxygen atoms in total. The molecule has 4 bridgehead atoms. The number of benzene rings is 6. The average Bonchev–Trinajstić information content (AvgIpc) is 3.06. The van der Waals surface area contributed by atoms with Gasteiger partial charge in [0.25, 0.3) is 0 Å². The van der Waals surface area contributed by atoms with Gasteiger partial charge in [0.1, 0.15) is 0 Å². The van der Waals surface area contributed by atoms with Gasteiger partial charge in [0.2, 0.25) is 0 Å². The van der Waals surface area contributed by atoms with Gasteiger partial charge in [-0.15, -0.1) is 0 Å². The van der Waals surface area contributed by atoms with E-state index < -0.39 is 36.8 Å². The predicted molar refractivity (Wildman–Crippen MR) is 184 cm³/mol. The van der Waals surface area contributed by atoms with E-state index in [0.717, 1.165) is 0 Å². The molecule has 6 aromatic rings. The molecular weight excluding hydrogens is 718 g/mol. The molecule has 0 fully saturated rings. The third-order valence-electron chi connectivity index (χ3n) is 9.31. The molecule has 0 N–H and O–H groups in total. The SMILES string of the molecule is c1cc[c]([Sn]2([c]3ccccc3)[CH2]c3cccc(c3)[CH2][Sn]([c]3ccccc3)([c]3ccccc3)[CH2]c3cccc(c3)[CH2]2)cc1. The minimum absolute atomic E-state index is 1.17. The number of rotatable bonds is 4. The van der Waals surface area contributed by atoms with Crippen molar-refractivity contribution >= 4 is 51.1 Å². The predicted octanol–water partition coefficient (Wildman–Crippen LogP) is 6.25. The summed E-state index contributed by atoms with van der Waals surface area (Å²) in [5.41, 5.74) is 6.03. The molecule has 0 saturated heterocycles. The van der Waals surface area contributed by atoms with Crippen LogP contribution in [0, 0.1) is 0 Å². The van der Waals surface area contributed by atoms with Gasteiger partial charge >= 0.3 is 261 Å². The third kappa shape index (κ3) is 5.52. The molecule has 7 rings (SSSR count). The zero-order valence-electron chi connectivity index (χ0n) is 24.0. The van der Waals surface area contributed by atoms with Gasteiger partial charge in [-0.25, -0.2) is 0 Å². The van der Waals surface area contributed by atoms with E-state index in [2.05, 4.69) is 170 Å². The van der Waals surface area contributed by atoms with Crippen molar-refractivity contribution in [1.82, 2.24) is 0 Å². The Kier molecular flexibility index (Phi) is 8.10. The first-order valence-corrected chi connectivity index (χ1v) is 28.9. The molecule has 6 aromatic carbocycles. The Bertz CT molecular complexity index is 1500. The summed E-state index contributed by atoms with van der Waals surface area (Å²) in [5.74, 6) is 0. The van der Waals surface area contributed by atoms with Gasteiger partial charge in [-0.1, -0.05) is 0 Å². The fourth-order valence-electron chi connectivity index (χ4n) is 7.40. The molecule has 1 aliphatic rings. The number of fused-ring (bicyclic) bond motifs is 4. The summed E-state index contributed by atoms with van der Waals surface area (Å²) in [5, 5.41) is 0. The second-order valence-corrected chi connectivity index (χ2v) is 35.0. The van der Waals surface area contributed by atoms with Gasteiger partial charge in [0.05, 0.1) is 0 Å². The Morgan fingerprint density at radius 2 is 0.500 bits per heavy atom. The maximum absolute atomic E-state index is 3.26. The second kappa shape index (κ2) is 12.3. The molecule has 42 heavy (non-hydrogen) atoms. The zero-order valence-corrected chi connectivity index (χ0v) is 29.7. The van der Waals surface area contributed by atoms with Crippen LogP contribution in [0.25, 0.3) is 0 Å². The molecule has 0 atom stereocenters. The van der Waals surface area contributed by atoms with E-state index in [9.17, 15) is 0 Å². The maximum atomic E-state index is 2.59. The number of hydrogen-bond acceptors (Lipinski definition) is 0. The Morgan fingerprint density at radius 1 is 0.262 bits per heavy atom.